The van der Waals surface area contributed by atoms with Gasteiger partial charge in [0.15, 0.2) is 0 Å². The van der Waals surface area contributed by atoms with Gasteiger partial charge < -0.3 is 31.1 Å². The number of rotatable bonds is 18. The van der Waals surface area contributed by atoms with Crippen LogP contribution in [0.2, 0.25) is 0 Å². The molecule has 4 aliphatic heterocycles. The van der Waals surface area contributed by atoms with E-state index in [0.717, 1.165) is 46.1 Å². The van der Waals surface area contributed by atoms with E-state index in [9.17, 15) is 13.6 Å². The molecule has 11 nitrogen and oxygen atoms in total. The van der Waals surface area contributed by atoms with Gasteiger partial charge in [-0.15, -0.1) is 0 Å². The minimum atomic E-state index is -0.845. The molecule has 16 rings (SSSR count). The second-order valence-electron chi connectivity index (χ2n) is 24.8. The number of nitrogens with two attached hydrogens (primary N) is 1. The Morgan fingerprint density at radius 1 is 0.714 bits per heavy atom. The molecular weight excluding hydrogens is 979 g/mol. The smallest absolute Gasteiger partial charge is 0.223 e. The number of para-hydroxylation sites is 2. The Labute approximate surface area is 448 Å². The van der Waals surface area contributed by atoms with Gasteiger partial charge >= 0.3 is 0 Å². The van der Waals surface area contributed by atoms with Crippen molar-refractivity contribution in [3.8, 4) is 0 Å². The van der Waals surface area contributed by atoms with Crippen LogP contribution in [0.1, 0.15) is 104 Å². The molecule has 0 unspecified atom stereocenters. The molecule has 6 heterocycles. The number of carbonyl (C=O) groups is 1. The number of carbonyl (C=O) groups excluding carboxylic acids is 1. The SMILES string of the molecule is C[C@@H]1Cc2c([nH]c3ccccc23)[C@@H](c2ccc(N[C@H]3CN(CCCF)C[C@@H]3OC[C@H]3Cc4c([nH]c5ccccc45)[C@H](c4c(F)cc(NC5CN(CCCF)C5)cc4F)N3[C@@H]3CC4(C(N)=O)CC3C4)cc2)N1[C@@H]1CC2CC1C2. The number of aromatic amines is 2. The van der Waals surface area contributed by atoms with Crippen molar-refractivity contribution in [3.05, 3.63) is 130 Å². The predicted octanol–water partition coefficient (Wildman–Crippen LogP) is 10.0. The number of benzene rings is 4. The lowest BCUT2D eigenvalue weighted by atomic mass is 9.69. The average molecular weight is 1050 g/mol. The van der Waals surface area contributed by atoms with E-state index in [-0.39, 0.29) is 67.0 Å². The summed E-state index contributed by atoms with van der Waals surface area (Å²) in [5, 5.41) is 9.56. The zero-order valence-electron chi connectivity index (χ0n) is 44.1. The van der Waals surface area contributed by atoms with Crippen LogP contribution in [0.3, 0.4) is 0 Å². The summed E-state index contributed by atoms with van der Waals surface area (Å²) in [4.78, 5) is 30.2. The maximum atomic E-state index is 17.2. The number of anilines is 2. The number of halogens is 4. The zero-order valence-corrected chi connectivity index (χ0v) is 44.1. The third kappa shape index (κ3) is 8.58. The summed E-state index contributed by atoms with van der Waals surface area (Å²) in [5.74, 6) is 0.150. The number of aromatic nitrogens is 2. The second-order valence-corrected chi connectivity index (χ2v) is 24.8. The molecule has 15 heteroatoms. The molecule has 0 radical (unpaired) electrons. The third-order valence-corrected chi connectivity index (χ3v) is 20.2. The van der Waals surface area contributed by atoms with Crippen molar-refractivity contribution in [1.82, 2.24) is 29.6 Å². The molecule has 2 aromatic heterocycles. The Hall–Kier alpha value is -5.45. The van der Waals surface area contributed by atoms with Crippen LogP contribution in [-0.4, -0.2) is 137 Å². The number of nitrogens with zero attached hydrogens (tertiary/aromatic N) is 4. The van der Waals surface area contributed by atoms with Gasteiger partial charge in [-0.1, -0.05) is 48.5 Å². The van der Waals surface area contributed by atoms with Crippen molar-refractivity contribution in [2.45, 2.75) is 126 Å². The normalized spacial score (nSPS) is 32.0. The van der Waals surface area contributed by atoms with E-state index >= 15 is 8.78 Å². The minimum absolute atomic E-state index is 0.00126. The van der Waals surface area contributed by atoms with Crippen molar-refractivity contribution < 1.29 is 27.1 Å². The van der Waals surface area contributed by atoms with E-state index in [1.165, 1.54) is 59.1 Å². The first kappa shape index (κ1) is 49.8. The highest BCUT2D eigenvalue weighted by Gasteiger charge is 2.63. The molecule has 1 amide bonds. The van der Waals surface area contributed by atoms with Gasteiger partial charge in [-0.3, -0.25) is 33.2 Å². The standard InChI is InChI=1S/C62H73F4N9O2/c1-35-20-46-44-8-2-4-10-50(44)70-57(46)59(74(35)53-23-36-21-38(53)22-36)37-12-14-40(15-13-37)69-52-32-73(19-7-17-64)33-55(52)77-34-43-26-47-45-9-3-5-11-51(45)71-58(47)60(75(43)54-29-62(61(67)76)27-39(54)28-62)56-48(65)24-41(25-49(56)66)68-42-30-72(31-42)18-6-16-63/h2-5,8-15,24-25,35-36,38-39,42-43,52-55,59-60,68-71H,6-7,16-23,26-34H2,1H3,(H2,67,76)/t35-,36?,38?,39?,43-,52+,53-,54-,55+,59-,60+,62?/m1/s1. The number of amides is 1. The van der Waals surface area contributed by atoms with Crippen LogP contribution in [-0.2, 0) is 22.4 Å². The van der Waals surface area contributed by atoms with Crippen LogP contribution in [0.4, 0.5) is 28.9 Å². The summed E-state index contributed by atoms with van der Waals surface area (Å²) < 4.78 is 68.4. The van der Waals surface area contributed by atoms with E-state index in [4.69, 9.17) is 10.5 Å². The van der Waals surface area contributed by atoms with E-state index in [2.05, 4.69) is 102 Å². The van der Waals surface area contributed by atoms with Crippen molar-refractivity contribution in [1.29, 1.82) is 0 Å². The minimum Gasteiger partial charge on any atom is -0.380 e. The molecule has 10 aliphatic rings. The van der Waals surface area contributed by atoms with E-state index in [1.54, 1.807) is 0 Å². The van der Waals surface area contributed by atoms with Gasteiger partial charge in [0.2, 0.25) is 5.91 Å². The molecule has 6 aliphatic carbocycles. The molecule has 77 heavy (non-hydrogen) atoms. The Morgan fingerprint density at radius 2 is 1.35 bits per heavy atom. The predicted molar refractivity (Wildman–Crippen MR) is 293 cm³/mol. The Morgan fingerprint density at radius 3 is 1.97 bits per heavy atom. The monoisotopic (exact) mass is 1050 g/mol. The summed E-state index contributed by atoms with van der Waals surface area (Å²) in [7, 11) is 0. The van der Waals surface area contributed by atoms with Gasteiger partial charge in [0.05, 0.1) is 55.6 Å². The fourth-order valence-electron chi connectivity index (χ4n) is 16.5. The number of hydrogen-bond donors (Lipinski definition) is 5. The first-order chi connectivity index (χ1) is 37.5. The highest BCUT2D eigenvalue weighted by atomic mass is 19.1. The average Bonchev–Trinajstić information content (AvgIpc) is 4.41. The van der Waals surface area contributed by atoms with Crippen LogP contribution in [0.15, 0.2) is 84.9 Å². The lowest BCUT2D eigenvalue weighted by molar-refractivity contribution is -0.131. The first-order valence-corrected chi connectivity index (χ1v) is 28.9. The molecule has 406 valence electrons. The zero-order chi connectivity index (χ0) is 52.3. The van der Waals surface area contributed by atoms with Crippen LogP contribution >= 0.6 is 0 Å². The number of primary amides is 1. The topological polar surface area (TPSA) is 121 Å². The maximum Gasteiger partial charge on any atom is 0.223 e. The molecule has 8 atom stereocenters. The van der Waals surface area contributed by atoms with Gasteiger partial charge in [0, 0.05) is 114 Å². The number of ether oxygens (including phenoxy) is 1. The summed E-state index contributed by atoms with van der Waals surface area (Å²) >= 11 is 0. The largest absolute Gasteiger partial charge is 0.380 e. The quantitative estimate of drug-likeness (QED) is 0.0540. The van der Waals surface area contributed by atoms with E-state index in [1.807, 2.05) is 18.2 Å². The van der Waals surface area contributed by atoms with E-state index < -0.39 is 29.8 Å². The number of likely N-dealkylation sites (tertiary alicyclic amines) is 2. The highest BCUT2D eigenvalue weighted by Crippen LogP contribution is 2.62. The van der Waals surface area contributed by atoms with Crippen molar-refractivity contribution in [2.24, 2.45) is 28.9 Å². The lowest BCUT2D eigenvalue weighted by Crippen LogP contribution is -2.55. The molecule has 8 fully saturated rings. The van der Waals surface area contributed by atoms with Crippen LogP contribution in [0.25, 0.3) is 21.8 Å². The molecular formula is C62H73F4N9O2. The van der Waals surface area contributed by atoms with Crippen molar-refractivity contribution in [3.63, 3.8) is 0 Å². The molecule has 4 bridgehead atoms. The molecule has 0 spiro atoms. The fourth-order valence-corrected chi connectivity index (χ4v) is 16.5. The maximum absolute atomic E-state index is 17.2. The summed E-state index contributed by atoms with van der Waals surface area (Å²) in [6, 6.07) is 28.3. The molecule has 6 saturated carbocycles. The van der Waals surface area contributed by atoms with Crippen LogP contribution in [0.5, 0.6) is 0 Å². The number of alkyl halides is 2. The summed E-state index contributed by atoms with van der Waals surface area (Å²) in [6.07, 6.45) is 8.03. The lowest BCUT2D eigenvalue weighted by Gasteiger charge is -2.47. The molecule has 4 aromatic carbocycles. The fraction of sp³-hybridized carbons (Fsp3) is 0.532. The summed E-state index contributed by atoms with van der Waals surface area (Å²) in [5.41, 5.74) is 14.7. The molecule has 6 aromatic rings. The Kier molecular flexibility index (Phi) is 12.8. The first-order valence-electron chi connectivity index (χ1n) is 28.9. The van der Waals surface area contributed by atoms with Crippen molar-refractivity contribution >= 4 is 39.1 Å². The summed E-state index contributed by atoms with van der Waals surface area (Å²) in [6.45, 7) is 5.82. The van der Waals surface area contributed by atoms with Gasteiger partial charge in [0.1, 0.15) is 11.6 Å². The van der Waals surface area contributed by atoms with Crippen LogP contribution in [0, 0.1) is 34.8 Å². The van der Waals surface area contributed by atoms with Gasteiger partial charge in [0.25, 0.3) is 0 Å². The number of hydrogen-bond acceptors (Lipinski definition) is 8. The number of nitrogens with one attached hydrogen (secondary N) is 4. The molecule has 2 saturated heterocycles. The van der Waals surface area contributed by atoms with Crippen molar-refractivity contribution in [2.75, 3.05) is 69.9 Å². The Bertz CT molecular complexity index is 3140. The second kappa shape index (κ2) is 19.7. The Balaban J connectivity index is 0.767. The molecule has 6 N–H and O–H groups in total. The number of H-pyrrole nitrogens is 2. The van der Waals surface area contributed by atoms with Gasteiger partial charge in [-0.25, -0.2) is 8.78 Å². The highest BCUT2D eigenvalue weighted by molar-refractivity contribution is 5.87. The third-order valence-electron chi connectivity index (χ3n) is 20.2. The van der Waals surface area contributed by atoms with Gasteiger partial charge in [-0.2, -0.15) is 0 Å². The number of fused-ring (bicyclic) bond motifs is 8. The van der Waals surface area contributed by atoms with Gasteiger partial charge in [-0.05, 0) is 142 Å². The van der Waals surface area contributed by atoms with Crippen LogP contribution < -0.4 is 16.4 Å². The van der Waals surface area contributed by atoms with E-state index in [0.29, 0.717) is 95.6 Å².